The van der Waals surface area contributed by atoms with Gasteiger partial charge in [0.1, 0.15) is 0 Å². The summed E-state index contributed by atoms with van der Waals surface area (Å²) in [5, 5.41) is 7.65. The highest BCUT2D eigenvalue weighted by Crippen LogP contribution is 2.46. The van der Waals surface area contributed by atoms with Gasteiger partial charge in [0.25, 0.3) is 0 Å². The van der Waals surface area contributed by atoms with Crippen LogP contribution in [0.15, 0.2) is 182 Å². The third-order valence-electron chi connectivity index (χ3n) is 11.0. The maximum Gasteiger partial charge on any atom is 0.0641 e. The van der Waals surface area contributed by atoms with E-state index in [9.17, 15) is 0 Å². The quantitative estimate of drug-likeness (QED) is 0.180. The van der Waals surface area contributed by atoms with Gasteiger partial charge in [-0.3, -0.25) is 0 Å². The molecule has 0 radical (unpaired) electrons. The zero-order valence-corrected chi connectivity index (χ0v) is 27.9. The first-order valence-corrected chi connectivity index (χ1v) is 17.8. The van der Waals surface area contributed by atoms with Gasteiger partial charge in [-0.05, 0) is 66.6 Å². The van der Waals surface area contributed by atoms with Gasteiger partial charge >= 0.3 is 0 Å². The van der Waals surface area contributed by atoms with Crippen LogP contribution in [-0.4, -0.2) is 13.7 Å². The highest BCUT2D eigenvalue weighted by atomic mass is 15.0. The summed E-state index contributed by atoms with van der Waals surface area (Å²) in [7, 11) is 0. The molecule has 3 aromatic heterocycles. The van der Waals surface area contributed by atoms with Crippen LogP contribution in [0.4, 0.5) is 0 Å². The number of benzene rings is 7. The molecule has 0 saturated carbocycles. The van der Waals surface area contributed by atoms with Gasteiger partial charge in [-0.1, -0.05) is 127 Å². The van der Waals surface area contributed by atoms with Crippen molar-refractivity contribution in [3.63, 3.8) is 0 Å². The van der Waals surface area contributed by atoms with Gasteiger partial charge in [-0.15, -0.1) is 0 Å². The Balaban J connectivity index is 1.21. The minimum Gasteiger partial charge on any atom is -0.312 e. The molecule has 10 aromatic rings. The van der Waals surface area contributed by atoms with Crippen molar-refractivity contribution in [3.05, 3.63) is 188 Å². The predicted octanol–water partition coefficient (Wildman–Crippen LogP) is 12.6. The minimum atomic E-state index is 0.154. The zero-order valence-electron chi connectivity index (χ0n) is 27.9. The van der Waals surface area contributed by atoms with Crippen molar-refractivity contribution in [1.82, 2.24) is 13.7 Å². The summed E-state index contributed by atoms with van der Waals surface area (Å²) in [5.74, 6) is 0.154. The lowest BCUT2D eigenvalue weighted by Crippen LogP contribution is -2.12. The molecule has 3 nitrogen and oxygen atoms in total. The van der Waals surface area contributed by atoms with E-state index in [1.54, 1.807) is 0 Å². The fourth-order valence-electron chi connectivity index (χ4n) is 8.93. The van der Waals surface area contributed by atoms with Crippen molar-refractivity contribution in [3.8, 4) is 11.4 Å². The Labute approximate surface area is 295 Å². The molecule has 0 aliphatic heterocycles. The van der Waals surface area contributed by atoms with E-state index in [1.165, 1.54) is 88.1 Å². The SMILES string of the molecule is C1=CCC(c2ccccc2-n2c3ccccc3c3c2ccc2c4ccccc4n(-c4ccccc4)c23)C(n2c3ccccc3c3ccccc32)=C1. The molecule has 1 aliphatic rings. The van der Waals surface area contributed by atoms with Crippen LogP contribution < -0.4 is 0 Å². The number of allylic oxidation sites excluding steroid dienone is 4. The van der Waals surface area contributed by atoms with Crippen LogP contribution in [0.5, 0.6) is 0 Å². The first-order valence-electron chi connectivity index (χ1n) is 17.8. The number of rotatable bonds is 4. The summed E-state index contributed by atoms with van der Waals surface area (Å²) >= 11 is 0. The van der Waals surface area contributed by atoms with E-state index < -0.39 is 0 Å². The molecule has 3 heteroatoms. The molecular weight excluding hydrogens is 619 g/mol. The van der Waals surface area contributed by atoms with Crippen molar-refractivity contribution in [2.75, 3.05) is 0 Å². The summed E-state index contributed by atoms with van der Waals surface area (Å²) < 4.78 is 7.49. The molecule has 0 bridgehead atoms. The van der Waals surface area contributed by atoms with E-state index in [1.807, 2.05) is 0 Å². The monoisotopic (exact) mass is 651 g/mol. The van der Waals surface area contributed by atoms with Crippen molar-refractivity contribution in [2.24, 2.45) is 0 Å². The fourth-order valence-corrected chi connectivity index (χ4v) is 8.93. The van der Waals surface area contributed by atoms with E-state index in [4.69, 9.17) is 0 Å². The first-order chi connectivity index (χ1) is 25.4. The lowest BCUT2D eigenvalue weighted by Gasteiger charge is -2.27. The number of nitrogens with zero attached hydrogens (tertiary/aromatic N) is 3. The second-order valence-electron chi connectivity index (χ2n) is 13.6. The van der Waals surface area contributed by atoms with Gasteiger partial charge in [0.05, 0.1) is 38.8 Å². The Morgan fingerprint density at radius 1 is 0.412 bits per heavy atom. The third kappa shape index (κ3) is 4.00. The van der Waals surface area contributed by atoms with E-state index >= 15 is 0 Å². The second-order valence-corrected chi connectivity index (χ2v) is 13.6. The van der Waals surface area contributed by atoms with Crippen molar-refractivity contribution < 1.29 is 0 Å². The largest absolute Gasteiger partial charge is 0.312 e. The normalized spacial score (nSPS) is 14.8. The molecule has 1 aliphatic carbocycles. The van der Waals surface area contributed by atoms with Crippen LogP contribution in [0, 0.1) is 0 Å². The number of aromatic nitrogens is 3. The van der Waals surface area contributed by atoms with E-state index in [0.29, 0.717) is 0 Å². The maximum absolute atomic E-state index is 2.52. The smallest absolute Gasteiger partial charge is 0.0641 e. The molecule has 240 valence electrons. The van der Waals surface area contributed by atoms with Gasteiger partial charge in [0, 0.05) is 49.6 Å². The number of hydrogen-bond acceptors (Lipinski definition) is 0. The molecule has 0 spiro atoms. The van der Waals surface area contributed by atoms with Crippen LogP contribution >= 0.6 is 0 Å². The van der Waals surface area contributed by atoms with Crippen LogP contribution in [0.3, 0.4) is 0 Å². The Hall–Kier alpha value is -6.58. The maximum atomic E-state index is 2.52. The summed E-state index contributed by atoms with van der Waals surface area (Å²) in [6, 6.07) is 60.0. The number of hydrogen-bond donors (Lipinski definition) is 0. The van der Waals surface area contributed by atoms with E-state index in [2.05, 4.69) is 196 Å². The minimum absolute atomic E-state index is 0.154. The van der Waals surface area contributed by atoms with Crippen LogP contribution in [0.2, 0.25) is 0 Å². The van der Waals surface area contributed by atoms with Crippen molar-refractivity contribution in [2.45, 2.75) is 12.3 Å². The lowest BCUT2D eigenvalue weighted by molar-refractivity contribution is 0.822. The Morgan fingerprint density at radius 3 is 1.67 bits per heavy atom. The summed E-state index contributed by atoms with van der Waals surface area (Å²) in [6.07, 6.45) is 7.81. The lowest BCUT2D eigenvalue weighted by atomic mass is 9.87. The average molecular weight is 652 g/mol. The molecule has 1 atom stereocenters. The number of fused-ring (bicyclic) bond motifs is 10. The molecule has 11 rings (SSSR count). The molecule has 0 fully saturated rings. The molecule has 1 unspecified atom stereocenters. The Bertz CT molecular complexity index is 3000. The Kier molecular flexibility index (Phi) is 6.08. The highest BCUT2D eigenvalue weighted by Gasteiger charge is 2.27. The molecule has 0 amide bonds. The molecule has 0 N–H and O–H groups in total. The van der Waals surface area contributed by atoms with Gasteiger partial charge in [-0.2, -0.15) is 0 Å². The summed E-state index contributed by atoms with van der Waals surface area (Å²) in [5.41, 5.74) is 12.4. The third-order valence-corrected chi connectivity index (χ3v) is 11.0. The summed E-state index contributed by atoms with van der Waals surface area (Å²) in [6.45, 7) is 0. The van der Waals surface area contributed by atoms with Gasteiger partial charge in [0.2, 0.25) is 0 Å². The van der Waals surface area contributed by atoms with Crippen molar-refractivity contribution >= 4 is 71.1 Å². The highest BCUT2D eigenvalue weighted by molar-refractivity contribution is 6.26. The van der Waals surface area contributed by atoms with Gasteiger partial charge in [0.15, 0.2) is 0 Å². The number of para-hydroxylation sites is 6. The topological polar surface area (TPSA) is 14.8 Å². The Morgan fingerprint density at radius 2 is 0.961 bits per heavy atom. The van der Waals surface area contributed by atoms with Crippen LogP contribution in [0.1, 0.15) is 17.9 Å². The van der Waals surface area contributed by atoms with Crippen molar-refractivity contribution in [1.29, 1.82) is 0 Å². The van der Waals surface area contributed by atoms with Gasteiger partial charge in [-0.25, -0.2) is 0 Å². The molecule has 51 heavy (non-hydrogen) atoms. The zero-order chi connectivity index (χ0) is 33.5. The second kappa shape index (κ2) is 11.0. The molecular formula is C48H33N3. The standard InChI is InChI=1S/C48H33N3/c1-2-16-32(17-3-1)49-40-24-10-8-22-37(40)38-30-31-46-47(48(38)49)39-23-9-15-29-45(39)51(46)44-28-14-7-21-36(44)35-20-6-13-27-43(35)50-41-25-11-4-18-33(41)34-19-5-12-26-42(34)50/h1-19,21-31,35H,20H2. The molecule has 7 aromatic carbocycles. The average Bonchev–Trinajstić information content (AvgIpc) is 3.84. The van der Waals surface area contributed by atoms with Gasteiger partial charge < -0.3 is 13.7 Å². The fraction of sp³-hybridized carbons (Fsp3) is 0.0417. The predicted molar refractivity (Wildman–Crippen MR) is 215 cm³/mol. The first kappa shape index (κ1) is 28.3. The summed E-state index contributed by atoms with van der Waals surface area (Å²) in [4.78, 5) is 0. The van der Waals surface area contributed by atoms with E-state index in [-0.39, 0.29) is 5.92 Å². The van der Waals surface area contributed by atoms with E-state index in [0.717, 1.165) is 6.42 Å². The van der Waals surface area contributed by atoms with Crippen LogP contribution in [-0.2, 0) is 0 Å². The molecule has 3 heterocycles. The molecule has 0 saturated heterocycles. The van der Waals surface area contributed by atoms with Crippen LogP contribution in [0.25, 0.3) is 82.5 Å².